The molecule has 1 heterocycles. The average Bonchev–Trinajstić information content (AvgIpc) is 2.92. The van der Waals surface area contributed by atoms with E-state index in [2.05, 4.69) is 5.16 Å². The smallest absolute Gasteiger partial charge is 0.243 e. The highest BCUT2D eigenvalue weighted by Crippen LogP contribution is 2.24. The van der Waals surface area contributed by atoms with Crippen molar-refractivity contribution < 1.29 is 13.6 Å². The van der Waals surface area contributed by atoms with Gasteiger partial charge in [-0.05, 0) is 31.4 Å². The van der Waals surface area contributed by atoms with Crippen LogP contribution in [0, 0.1) is 6.92 Å². The van der Waals surface area contributed by atoms with Gasteiger partial charge in [0, 0.05) is 18.7 Å². The number of oxime groups is 1. The summed E-state index contributed by atoms with van der Waals surface area (Å²) in [6.07, 6.45) is 1.77. The predicted octanol–water partition coefficient (Wildman–Crippen LogP) is 0.874. The zero-order valence-corrected chi connectivity index (χ0v) is 11.5. The van der Waals surface area contributed by atoms with E-state index in [4.69, 9.17) is 10.9 Å². The van der Waals surface area contributed by atoms with Gasteiger partial charge in [0.15, 0.2) is 5.84 Å². The van der Waals surface area contributed by atoms with Crippen molar-refractivity contribution in [1.29, 1.82) is 0 Å². The van der Waals surface area contributed by atoms with Gasteiger partial charge in [0.05, 0.1) is 4.90 Å². The van der Waals surface area contributed by atoms with Crippen molar-refractivity contribution in [3.05, 3.63) is 29.3 Å². The minimum absolute atomic E-state index is 0.0992. The normalized spacial score (nSPS) is 17.8. The van der Waals surface area contributed by atoms with Gasteiger partial charge in [-0.3, -0.25) is 0 Å². The van der Waals surface area contributed by atoms with Crippen molar-refractivity contribution in [3.63, 3.8) is 0 Å². The van der Waals surface area contributed by atoms with Crippen LogP contribution in [-0.2, 0) is 10.0 Å². The van der Waals surface area contributed by atoms with Gasteiger partial charge >= 0.3 is 0 Å². The van der Waals surface area contributed by atoms with Gasteiger partial charge in [0.25, 0.3) is 0 Å². The van der Waals surface area contributed by atoms with Crippen LogP contribution in [0.2, 0.25) is 0 Å². The van der Waals surface area contributed by atoms with Crippen LogP contribution in [0.5, 0.6) is 0 Å². The highest BCUT2D eigenvalue weighted by Gasteiger charge is 2.28. The van der Waals surface area contributed by atoms with E-state index >= 15 is 0 Å². The molecule has 7 heteroatoms. The van der Waals surface area contributed by atoms with Crippen LogP contribution in [0.3, 0.4) is 0 Å². The first kappa shape index (κ1) is 13.8. The zero-order chi connectivity index (χ0) is 14.0. The Morgan fingerprint density at radius 1 is 1.37 bits per heavy atom. The largest absolute Gasteiger partial charge is 0.409 e. The summed E-state index contributed by atoms with van der Waals surface area (Å²) in [7, 11) is -3.49. The van der Waals surface area contributed by atoms with E-state index in [1.165, 1.54) is 10.4 Å². The molecule has 0 amide bonds. The van der Waals surface area contributed by atoms with Gasteiger partial charge < -0.3 is 10.9 Å². The van der Waals surface area contributed by atoms with Crippen LogP contribution in [0.1, 0.15) is 24.0 Å². The van der Waals surface area contributed by atoms with Gasteiger partial charge in [-0.1, -0.05) is 17.3 Å². The first-order valence-electron chi connectivity index (χ1n) is 6.05. The molecular formula is C12H17N3O3S. The quantitative estimate of drug-likeness (QED) is 0.372. The number of aryl methyl sites for hydroxylation is 1. The summed E-state index contributed by atoms with van der Waals surface area (Å²) in [6.45, 7) is 2.84. The van der Waals surface area contributed by atoms with Gasteiger partial charge in [-0.2, -0.15) is 4.31 Å². The average molecular weight is 283 g/mol. The second kappa shape index (κ2) is 5.18. The van der Waals surface area contributed by atoms with Gasteiger partial charge in [0.1, 0.15) is 0 Å². The summed E-state index contributed by atoms with van der Waals surface area (Å²) in [4.78, 5) is 0.221. The number of benzene rings is 1. The maximum atomic E-state index is 12.5. The Morgan fingerprint density at radius 2 is 2.00 bits per heavy atom. The Hall–Kier alpha value is -1.60. The van der Waals surface area contributed by atoms with E-state index in [1.807, 2.05) is 0 Å². The Labute approximate surface area is 112 Å². The van der Waals surface area contributed by atoms with Crippen molar-refractivity contribution in [2.24, 2.45) is 10.9 Å². The third kappa shape index (κ3) is 2.57. The summed E-state index contributed by atoms with van der Waals surface area (Å²) < 4.78 is 26.5. The van der Waals surface area contributed by atoms with Gasteiger partial charge in [-0.25, -0.2) is 8.42 Å². The van der Waals surface area contributed by atoms with Crippen molar-refractivity contribution in [2.45, 2.75) is 24.7 Å². The fourth-order valence-corrected chi connectivity index (χ4v) is 3.93. The molecular weight excluding hydrogens is 266 g/mol. The van der Waals surface area contributed by atoms with E-state index in [0.717, 1.165) is 12.8 Å². The molecule has 0 radical (unpaired) electrons. The standard InChI is InChI=1S/C12H17N3O3S/c1-9-4-5-10(12(13)14-16)8-11(9)19(17,18)15-6-2-3-7-15/h4-5,8,16H,2-3,6-7H2,1H3,(H2,13,14). The summed E-state index contributed by atoms with van der Waals surface area (Å²) in [5.41, 5.74) is 6.55. The molecule has 6 nitrogen and oxygen atoms in total. The maximum absolute atomic E-state index is 12.5. The topological polar surface area (TPSA) is 96.0 Å². The monoisotopic (exact) mass is 283 g/mol. The maximum Gasteiger partial charge on any atom is 0.243 e. The Balaban J connectivity index is 2.49. The molecule has 0 spiro atoms. The van der Waals surface area contributed by atoms with Crippen molar-refractivity contribution in [1.82, 2.24) is 4.31 Å². The SMILES string of the molecule is Cc1ccc(/C(N)=N/O)cc1S(=O)(=O)N1CCCC1. The molecule has 0 aliphatic carbocycles. The molecule has 0 bridgehead atoms. The van der Waals surface area contributed by atoms with Crippen molar-refractivity contribution >= 4 is 15.9 Å². The van der Waals surface area contributed by atoms with Crippen molar-refractivity contribution in [2.75, 3.05) is 13.1 Å². The van der Waals surface area contributed by atoms with Crippen LogP contribution in [0.4, 0.5) is 0 Å². The van der Waals surface area contributed by atoms with Crippen LogP contribution in [0.25, 0.3) is 0 Å². The fourth-order valence-electron chi connectivity index (χ4n) is 2.16. The minimum atomic E-state index is -3.49. The Morgan fingerprint density at radius 3 is 2.58 bits per heavy atom. The lowest BCUT2D eigenvalue weighted by Crippen LogP contribution is -2.28. The van der Waals surface area contributed by atoms with Crippen LogP contribution in [0.15, 0.2) is 28.3 Å². The van der Waals surface area contributed by atoms with Crippen molar-refractivity contribution in [3.8, 4) is 0 Å². The fraction of sp³-hybridized carbons (Fsp3) is 0.417. The number of nitrogens with two attached hydrogens (primary N) is 1. The number of sulfonamides is 1. The Bertz CT molecular complexity index is 605. The van der Waals surface area contributed by atoms with Crippen LogP contribution >= 0.6 is 0 Å². The molecule has 1 aliphatic heterocycles. The first-order chi connectivity index (χ1) is 8.96. The summed E-state index contributed by atoms with van der Waals surface area (Å²) >= 11 is 0. The number of amidine groups is 1. The van der Waals surface area contributed by atoms with E-state index in [-0.39, 0.29) is 10.7 Å². The highest BCUT2D eigenvalue weighted by atomic mass is 32.2. The molecule has 0 saturated carbocycles. The summed E-state index contributed by atoms with van der Waals surface area (Å²) in [6, 6.07) is 4.75. The molecule has 104 valence electrons. The molecule has 1 aromatic carbocycles. The molecule has 19 heavy (non-hydrogen) atoms. The first-order valence-corrected chi connectivity index (χ1v) is 7.49. The molecule has 1 aromatic rings. The molecule has 1 saturated heterocycles. The molecule has 2 rings (SSSR count). The molecule has 1 fully saturated rings. The molecule has 0 atom stereocenters. The van der Waals surface area contributed by atoms with Crippen LogP contribution < -0.4 is 5.73 Å². The predicted molar refractivity (Wildman–Crippen MR) is 71.7 cm³/mol. The van der Waals surface area contributed by atoms with E-state index in [0.29, 0.717) is 24.2 Å². The molecule has 3 N–H and O–H groups in total. The molecule has 0 unspecified atom stereocenters. The number of hydrogen-bond donors (Lipinski definition) is 2. The number of hydrogen-bond acceptors (Lipinski definition) is 4. The Kier molecular flexibility index (Phi) is 3.77. The third-order valence-corrected chi connectivity index (χ3v) is 5.32. The zero-order valence-electron chi connectivity index (χ0n) is 10.7. The second-order valence-corrected chi connectivity index (χ2v) is 6.48. The summed E-state index contributed by atoms with van der Waals surface area (Å²) in [5, 5.41) is 11.6. The lowest BCUT2D eigenvalue weighted by Gasteiger charge is -2.17. The van der Waals surface area contributed by atoms with E-state index < -0.39 is 10.0 Å². The van der Waals surface area contributed by atoms with Crippen LogP contribution in [-0.4, -0.2) is 36.9 Å². The minimum Gasteiger partial charge on any atom is -0.409 e. The van der Waals surface area contributed by atoms with E-state index in [9.17, 15) is 8.42 Å². The molecule has 1 aliphatic rings. The van der Waals surface area contributed by atoms with Gasteiger partial charge in [-0.15, -0.1) is 0 Å². The summed E-state index contributed by atoms with van der Waals surface area (Å²) in [5.74, 6) is -0.0992. The third-order valence-electron chi connectivity index (χ3n) is 3.27. The lowest BCUT2D eigenvalue weighted by atomic mass is 10.1. The van der Waals surface area contributed by atoms with Gasteiger partial charge in [0.2, 0.25) is 10.0 Å². The lowest BCUT2D eigenvalue weighted by molar-refractivity contribution is 0.318. The molecule has 0 aromatic heterocycles. The number of nitrogens with zero attached hydrogens (tertiary/aromatic N) is 2. The van der Waals surface area contributed by atoms with E-state index in [1.54, 1.807) is 19.1 Å². The second-order valence-electron chi connectivity index (χ2n) is 4.58. The highest BCUT2D eigenvalue weighted by molar-refractivity contribution is 7.89. The number of rotatable bonds is 3.